The first kappa shape index (κ1) is 13.1. The maximum Gasteiger partial charge on any atom is 0.305 e. The number of carbonyl (C=O) groups excluding carboxylic acids is 1. The molecule has 1 fully saturated rings. The second kappa shape index (κ2) is 6.03. The first-order valence-electron chi connectivity index (χ1n) is 6.84. The lowest BCUT2D eigenvalue weighted by Gasteiger charge is -2.31. The number of aryl methyl sites for hydroxylation is 1. The van der Waals surface area contributed by atoms with Gasteiger partial charge in [0, 0.05) is 6.42 Å². The van der Waals surface area contributed by atoms with Gasteiger partial charge in [-0.2, -0.15) is 0 Å². The molecule has 98 valence electrons. The highest BCUT2D eigenvalue weighted by atomic mass is 16.5. The Morgan fingerprint density at radius 2 is 1.89 bits per heavy atom. The topological polar surface area (TPSA) is 26.3 Å². The van der Waals surface area contributed by atoms with E-state index in [1.165, 1.54) is 37.5 Å². The van der Waals surface area contributed by atoms with Gasteiger partial charge in [-0.05, 0) is 37.2 Å². The van der Waals surface area contributed by atoms with Crippen LogP contribution in [-0.2, 0) is 9.53 Å². The van der Waals surface area contributed by atoms with Crippen molar-refractivity contribution in [2.45, 2.75) is 44.9 Å². The predicted molar refractivity (Wildman–Crippen MR) is 72.5 cm³/mol. The maximum atomic E-state index is 11.5. The fraction of sp³-hybridized carbons (Fsp3) is 0.562. The van der Waals surface area contributed by atoms with Gasteiger partial charge in [0.15, 0.2) is 0 Å². The zero-order chi connectivity index (χ0) is 13.0. The number of rotatable bonds is 3. The van der Waals surface area contributed by atoms with Crippen LogP contribution in [0.4, 0.5) is 0 Å². The molecule has 2 unspecified atom stereocenters. The summed E-state index contributed by atoms with van der Waals surface area (Å²) in [5, 5.41) is 0. The molecule has 0 aliphatic heterocycles. The van der Waals surface area contributed by atoms with Gasteiger partial charge in [-0.25, -0.2) is 0 Å². The Morgan fingerprint density at radius 3 is 2.56 bits per heavy atom. The molecule has 1 aromatic rings. The third-order valence-electron chi connectivity index (χ3n) is 4.07. The van der Waals surface area contributed by atoms with Crippen molar-refractivity contribution in [1.29, 1.82) is 0 Å². The van der Waals surface area contributed by atoms with Gasteiger partial charge in [-0.3, -0.25) is 4.79 Å². The molecule has 1 aliphatic rings. The van der Waals surface area contributed by atoms with Gasteiger partial charge in [-0.1, -0.05) is 42.7 Å². The molecule has 0 saturated heterocycles. The summed E-state index contributed by atoms with van der Waals surface area (Å²) in [5.41, 5.74) is 2.67. The summed E-state index contributed by atoms with van der Waals surface area (Å²) in [7, 11) is 1.48. The van der Waals surface area contributed by atoms with Gasteiger partial charge in [0.25, 0.3) is 0 Å². The van der Waals surface area contributed by atoms with E-state index in [4.69, 9.17) is 4.74 Å². The fourth-order valence-electron chi connectivity index (χ4n) is 3.00. The minimum Gasteiger partial charge on any atom is -0.469 e. The standard InChI is InChI=1S/C16H22O2/c1-12-7-9-13(10-8-12)15-6-4-3-5-14(15)11-16(17)18-2/h7-10,14-15H,3-6,11H2,1-2H3. The Kier molecular flexibility index (Phi) is 4.40. The number of esters is 1. The lowest BCUT2D eigenvalue weighted by molar-refractivity contribution is -0.142. The largest absolute Gasteiger partial charge is 0.469 e. The molecule has 0 heterocycles. The normalized spacial score (nSPS) is 23.7. The lowest BCUT2D eigenvalue weighted by Crippen LogP contribution is -2.21. The molecule has 0 radical (unpaired) electrons. The van der Waals surface area contributed by atoms with E-state index in [0.29, 0.717) is 18.3 Å². The molecular weight excluding hydrogens is 224 g/mol. The van der Waals surface area contributed by atoms with Crippen LogP contribution < -0.4 is 0 Å². The van der Waals surface area contributed by atoms with Crippen molar-refractivity contribution in [3.63, 3.8) is 0 Å². The molecule has 0 N–H and O–H groups in total. The molecule has 0 aromatic heterocycles. The van der Waals surface area contributed by atoms with E-state index in [9.17, 15) is 4.79 Å². The number of benzene rings is 1. The summed E-state index contributed by atoms with van der Waals surface area (Å²) in [6.07, 6.45) is 5.42. The molecule has 1 saturated carbocycles. The van der Waals surface area contributed by atoms with Gasteiger partial charge in [0.05, 0.1) is 7.11 Å². The highest BCUT2D eigenvalue weighted by molar-refractivity contribution is 5.69. The molecule has 2 nitrogen and oxygen atoms in total. The van der Waals surface area contributed by atoms with Crippen molar-refractivity contribution in [2.24, 2.45) is 5.92 Å². The van der Waals surface area contributed by atoms with Gasteiger partial charge in [0.2, 0.25) is 0 Å². The SMILES string of the molecule is COC(=O)CC1CCCCC1c1ccc(C)cc1. The van der Waals surface area contributed by atoms with Crippen molar-refractivity contribution in [1.82, 2.24) is 0 Å². The van der Waals surface area contributed by atoms with Crippen LogP contribution in [0, 0.1) is 12.8 Å². The van der Waals surface area contributed by atoms with Crippen molar-refractivity contribution in [3.8, 4) is 0 Å². The number of methoxy groups -OCH3 is 1. The molecule has 1 aromatic carbocycles. The first-order chi connectivity index (χ1) is 8.70. The summed E-state index contributed by atoms with van der Waals surface area (Å²) in [6.45, 7) is 2.11. The molecule has 0 spiro atoms. The average Bonchev–Trinajstić information content (AvgIpc) is 2.40. The van der Waals surface area contributed by atoms with Crippen molar-refractivity contribution >= 4 is 5.97 Å². The van der Waals surface area contributed by atoms with Crippen molar-refractivity contribution in [3.05, 3.63) is 35.4 Å². The van der Waals surface area contributed by atoms with Gasteiger partial charge >= 0.3 is 5.97 Å². The predicted octanol–water partition coefficient (Wildman–Crippen LogP) is 3.83. The summed E-state index contributed by atoms with van der Waals surface area (Å²) >= 11 is 0. The van der Waals surface area contributed by atoms with Gasteiger partial charge in [-0.15, -0.1) is 0 Å². The van der Waals surface area contributed by atoms with Crippen LogP contribution in [0.3, 0.4) is 0 Å². The van der Waals surface area contributed by atoms with E-state index in [2.05, 4.69) is 31.2 Å². The molecule has 18 heavy (non-hydrogen) atoms. The highest BCUT2D eigenvalue weighted by Gasteiger charge is 2.28. The summed E-state index contributed by atoms with van der Waals surface area (Å²) in [5.74, 6) is 0.909. The van der Waals surface area contributed by atoms with Crippen LogP contribution >= 0.6 is 0 Å². The Morgan fingerprint density at radius 1 is 1.22 bits per heavy atom. The Bertz CT molecular complexity index is 394. The van der Waals surface area contributed by atoms with E-state index in [1.54, 1.807) is 0 Å². The average molecular weight is 246 g/mol. The minimum atomic E-state index is -0.0704. The molecule has 0 amide bonds. The third kappa shape index (κ3) is 3.12. The second-order valence-electron chi connectivity index (χ2n) is 5.34. The first-order valence-corrected chi connectivity index (χ1v) is 6.84. The Hall–Kier alpha value is -1.31. The van der Waals surface area contributed by atoms with Crippen LogP contribution in [0.1, 0.15) is 49.1 Å². The van der Waals surface area contributed by atoms with Crippen LogP contribution in [0.5, 0.6) is 0 Å². The number of hydrogen-bond donors (Lipinski definition) is 0. The second-order valence-corrected chi connectivity index (χ2v) is 5.34. The number of hydrogen-bond acceptors (Lipinski definition) is 2. The van der Waals surface area contributed by atoms with E-state index >= 15 is 0 Å². The zero-order valence-corrected chi connectivity index (χ0v) is 11.3. The van der Waals surface area contributed by atoms with E-state index in [1.807, 2.05) is 0 Å². The van der Waals surface area contributed by atoms with Crippen LogP contribution in [0.25, 0.3) is 0 Å². The fourth-order valence-corrected chi connectivity index (χ4v) is 3.00. The summed E-state index contributed by atoms with van der Waals surface area (Å²) < 4.78 is 4.82. The van der Waals surface area contributed by atoms with Crippen LogP contribution in [0.15, 0.2) is 24.3 Å². The zero-order valence-electron chi connectivity index (χ0n) is 11.3. The van der Waals surface area contributed by atoms with Crippen molar-refractivity contribution < 1.29 is 9.53 Å². The van der Waals surface area contributed by atoms with Gasteiger partial charge in [0.1, 0.15) is 0 Å². The lowest BCUT2D eigenvalue weighted by atomic mass is 9.74. The summed E-state index contributed by atoms with van der Waals surface area (Å²) in [4.78, 5) is 11.5. The van der Waals surface area contributed by atoms with Crippen molar-refractivity contribution in [2.75, 3.05) is 7.11 Å². The molecule has 2 rings (SSSR count). The van der Waals surface area contributed by atoms with Crippen LogP contribution in [-0.4, -0.2) is 13.1 Å². The van der Waals surface area contributed by atoms with E-state index in [-0.39, 0.29) is 5.97 Å². The van der Waals surface area contributed by atoms with E-state index < -0.39 is 0 Å². The Balaban J connectivity index is 2.12. The molecule has 2 heteroatoms. The quantitative estimate of drug-likeness (QED) is 0.758. The number of carbonyl (C=O) groups is 1. The Labute approximate surface area is 109 Å². The maximum absolute atomic E-state index is 11.5. The number of ether oxygens (including phenoxy) is 1. The van der Waals surface area contributed by atoms with Gasteiger partial charge < -0.3 is 4.74 Å². The van der Waals surface area contributed by atoms with E-state index in [0.717, 1.165) is 6.42 Å². The minimum absolute atomic E-state index is 0.0704. The highest BCUT2D eigenvalue weighted by Crippen LogP contribution is 2.39. The summed E-state index contributed by atoms with van der Waals surface area (Å²) in [6, 6.07) is 8.77. The molecule has 0 bridgehead atoms. The molecule has 2 atom stereocenters. The molecular formula is C16H22O2. The van der Waals surface area contributed by atoms with Crippen LogP contribution in [0.2, 0.25) is 0 Å². The molecule has 1 aliphatic carbocycles. The smallest absolute Gasteiger partial charge is 0.305 e. The monoisotopic (exact) mass is 246 g/mol. The third-order valence-corrected chi connectivity index (χ3v) is 4.07.